The third-order valence-corrected chi connectivity index (χ3v) is 3.80. The van der Waals surface area contributed by atoms with E-state index in [4.69, 9.17) is 15.9 Å². The van der Waals surface area contributed by atoms with E-state index in [1.165, 1.54) is 12.1 Å². The molecule has 140 valence electrons. The molecule has 0 radical (unpaired) electrons. The van der Waals surface area contributed by atoms with E-state index in [0.717, 1.165) is 11.1 Å². The van der Waals surface area contributed by atoms with Gasteiger partial charge in [-0.25, -0.2) is 0 Å². The zero-order valence-corrected chi connectivity index (χ0v) is 14.5. The number of ketones is 1. The monoisotopic (exact) mass is 368 g/mol. The molecule has 27 heavy (non-hydrogen) atoms. The van der Waals surface area contributed by atoms with Crippen LogP contribution >= 0.6 is 0 Å². The van der Waals surface area contributed by atoms with Crippen molar-refractivity contribution in [1.82, 2.24) is 0 Å². The van der Waals surface area contributed by atoms with Crippen LogP contribution in [0.15, 0.2) is 54.6 Å². The molecule has 7 nitrogen and oxygen atoms in total. The quantitative estimate of drug-likeness (QED) is 0.415. The SMILES string of the molecule is NC(CC(=O)c1ccccc1NC(=O)/C=C/c1ccc(CO)cc1)C(=O)O. The summed E-state index contributed by atoms with van der Waals surface area (Å²) in [6, 6.07) is 12.1. The number of hydrogen-bond acceptors (Lipinski definition) is 5. The van der Waals surface area contributed by atoms with E-state index in [2.05, 4.69) is 5.32 Å². The predicted molar refractivity (Wildman–Crippen MR) is 101 cm³/mol. The molecule has 0 bridgehead atoms. The van der Waals surface area contributed by atoms with Gasteiger partial charge < -0.3 is 21.3 Å². The molecular weight excluding hydrogens is 348 g/mol. The van der Waals surface area contributed by atoms with Gasteiger partial charge in [-0.15, -0.1) is 0 Å². The molecular formula is C20H20N2O5. The molecule has 2 aromatic carbocycles. The number of amides is 1. The molecule has 1 atom stereocenters. The maximum atomic E-state index is 12.3. The number of anilines is 1. The normalized spacial score (nSPS) is 11.9. The maximum Gasteiger partial charge on any atom is 0.320 e. The number of aliphatic hydroxyl groups is 1. The van der Waals surface area contributed by atoms with Crippen LogP contribution in [0.5, 0.6) is 0 Å². The zero-order valence-electron chi connectivity index (χ0n) is 14.5. The fraction of sp³-hybridized carbons (Fsp3) is 0.150. The molecule has 2 aromatic rings. The van der Waals surface area contributed by atoms with Crippen LogP contribution in [-0.2, 0) is 16.2 Å². The summed E-state index contributed by atoms with van der Waals surface area (Å²) in [5, 5.41) is 20.5. The van der Waals surface area contributed by atoms with E-state index in [0.29, 0.717) is 0 Å². The summed E-state index contributed by atoms with van der Waals surface area (Å²) in [5.74, 6) is -2.17. The van der Waals surface area contributed by atoms with Crippen molar-refractivity contribution < 1.29 is 24.6 Å². The van der Waals surface area contributed by atoms with Crippen LogP contribution in [0.3, 0.4) is 0 Å². The van der Waals surface area contributed by atoms with Gasteiger partial charge in [0.2, 0.25) is 5.91 Å². The van der Waals surface area contributed by atoms with Gasteiger partial charge in [-0.1, -0.05) is 36.4 Å². The number of rotatable bonds is 8. The smallest absolute Gasteiger partial charge is 0.320 e. The van der Waals surface area contributed by atoms with Crippen LogP contribution in [0.25, 0.3) is 6.08 Å². The van der Waals surface area contributed by atoms with Crippen LogP contribution in [0.2, 0.25) is 0 Å². The number of aliphatic hydroxyl groups excluding tert-OH is 1. The Morgan fingerprint density at radius 1 is 1.07 bits per heavy atom. The average molecular weight is 368 g/mol. The molecule has 0 aliphatic rings. The number of carboxylic acids is 1. The number of benzene rings is 2. The zero-order chi connectivity index (χ0) is 19.8. The summed E-state index contributed by atoms with van der Waals surface area (Å²) >= 11 is 0. The number of aliphatic carboxylic acids is 1. The second-order valence-corrected chi connectivity index (χ2v) is 5.84. The third-order valence-electron chi connectivity index (χ3n) is 3.80. The lowest BCUT2D eigenvalue weighted by Crippen LogP contribution is -2.32. The molecule has 0 fully saturated rings. The molecule has 0 saturated carbocycles. The van der Waals surface area contributed by atoms with Gasteiger partial charge in [-0.3, -0.25) is 14.4 Å². The molecule has 0 aromatic heterocycles. The molecule has 5 N–H and O–H groups in total. The third kappa shape index (κ3) is 5.88. The lowest BCUT2D eigenvalue weighted by Gasteiger charge is -2.10. The van der Waals surface area contributed by atoms with Gasteiger partial charge in [0.05, 0.1) is 12.3 Å². The van der Waals surface area contributed by atoms with E-state index >= 15 is 0 Å². The van der Waals surface area contributed by atoms with E-state index in [1.54, 1.807) is 48.5 Å². The van der Waals surface area contributed by atoms with Crippen LogP contribution in [-0.4, -0.2) is 33.9 Å². The second kappa shape index (κ2) is 9.42. The summed E-state index contributed by atoms with van der Waals surface area (Å²) in [7, 11) is 0. The van der Waals surface area contributed by atoms with Gasteiger partial charge in [0.15, 0.2) is 5.78 Å². The van der Waals surface area contributed by atoms with Crippen LogP contribution in [0.4, 0.5) is 5.69 Å². The Labute approximate surface area is 156 Å². The van der Waals surface area contributed by atoms with Crippen molar-refractivity contribution in [1.29, 1.82) is 0 Å². The summed E-state index contributed by atoms with van der Waals surface area (Å²) in [5.41, 5.74) is 7.43. The minimum absolute atomic E-state index is 0.0547. The Bertz CT molecular complexity index is 859. The highest BCUT2D eigenvalue weighted by atomic mass is 16.4. The first-order valence-corrected chi connectivity index (χ1v) is 8.20. The molecule has 2 rings (SSSR count). The van der Waals surface area contributed by atoms with Crippen molar-refractivity contribution in [2.45, 2.75) is 19.1 Å². The molecule has 0 spiro atoms. The minimum atomic E-state index is -1.30. The number of carbonyl (C=O) groups excluding carboxylic acids is 2. The van der Waals surface area contributed by atoms with Gasteiger partial charge in [0.1, 0.15) is 6.04 Å². The van der Waals surface area contributed by atoms with Gasteiger partial charge in [0.25, 0.3) is 0 Å². The van der Waals surface area contributed by atoms with E-state index in [9.17, 15) is 14.4 Å². The summed E-state index contributed by atoms with van der Waals surface area (Å²) in [6.45, 7) is -0.0547. The first-order chi connectivity index (χ1) is 12.9. The lowest BCUT2D eigenvalue weighted by molar-refractivity contribution is -0.138. The Morgan fingerprint density at radius 2 is 1.74 bits per heavy atom. The van der Waals surface area contributed by atoms with Gasteiger partial charge >= 0.3 is 5.97 Å². The minimum Gasteiger partial charge on any atom is -0.480 e. The lowest BCUT2D eigenvalue weighted by atomic mass is 10.0. The number of nitrogens with two attached hydrogens (primary N) is 1. The van der Waals surface area contributed by atoms with Gasteiger partial charge in [-0.2, -0.15) is 0 Å². The highest BCUT2D eigenvalue weighted by molar-refractivity contribution is 6.09. The molecule has 1 unspecified atom stereocenters. The highest BCUT2D eigenvalue weighted by Gasteiger charge is 2.19. The van der Waals surface area contributed by atoms with Crippen LogP contribution in [0, 0.1) is 0 Å². The summed E-state index contributed by atoms with van der Waals surface area (Å²) < 4.78 is 0. The van der Waals surface area contributed by atoms with Crippen molar-refractivity contribution in [3.63, 3.8) is 0 Å². The average Bonchev–Trinajstić information content (AvgIpc) is 2.67. The summed E-state index contributed by atoms with van der Waals surface area (Å²) in [4.78, 5) is 35.2. The largest absolute Gasteiger partial charge is 0.480 e. The Morgan fingerprint density at radius 3 is 2.37 bits per heavy atom. The standard InChI is InChI=1S/C20H20N2O5/c21-16(20(26)27)11-18(24)15-3-1-2-4-17(15)22-19(25)10-9-13-5-7-14(12-23)8-6-13/h1-10,16,23H,11-12,21H2,(H,22,25)(H,26,27)/b10-9+. The number of carbonyl (C=O) groups is 3. The predicted octanol–water partition coefficient (Wildman–Crippen LogP) is 1.82. The van der Waals surface area contributed by atoms with Crippen molar-refractivity contribution in [2.24, 2.45) is 5.73 Å². The Balaban J connectivity index is 2.07. The topological polar surface area (TPSA) is 130 Å². The first kappa shape index (κ1) is 20.0. The van der Waals surface area contributed by atoms with Crippen molar-refractivity contribution in [2.75, 3.05) is 5.32 Å². The van der Waals surface area contributed by atoms with Crippen LogP contribution in [0.1, 0.15) is 27.9 Å². The molecule has 0 aliphatic heterocycles. The first-order valence-electron chi connectivity index (χ1n) is 8.20. The van der Waals surface area contributed by atoms with E-state index in [-0.39, 0.29) is 24.3 Å². The van der Waals surface area contributed by atoms with Crippen LogP contribution < -0.4 is 11.1 Å². The Hall–Kier alpha value is -3.29. The van der Waals surface area contributed by atoms with Gasteiger partial charge in [0, 0.05) is 18.1 Å². The molecule has 0 saturated heterocycles. The number of Topliss-reactive ketones (excluding diaryl/α,β-unsaturated/α-hetero) is 1. The number of carboxylic acid groups (broad SMARTS) is 1. The fourth-order valence-corrected chi connectivity index (χ4v) is 2.31. The van der Waals surface area contributed by atoms with Crippen molar-refractivity contribution >= 4 is 29.4 Å². The molecule has 1 amide bonds. The molecule has 7 heteroatoms. The fourth-order valence-electron chi connectivity index (χ4n) is 2.31. The van der Waals surface area contributed by atoms with Crippen molar-refractivity contribution in [3.05, 3.63) is 71.3 Å². The van der Waals surface area contributed by atoms with Crippen molar-refractivity contribution in [3.8, 4) is 0 Å². The number of hydrogen-bond donors (Lipinski definition) is 4. The molecule has 0 aliphatic carbocycles. The van der Waals surface area contributed by atoms with Gasteiger partial charge in [-0.05, 0) is 29.3 Å². The number of nitrogens with one attached hydrogen (secondary N) is 1. The van der Waals surface area contributed by atoms with E-state index in [1.807, 2.05) is 0 Å². The summed E-state index contributed by atoms with van der Waals surface area (Å²) in [6.07, 6.45) is 2.55. The Kier molecular flexibility index (Phi) is 6.99. The molecule has 0 heterocycles. The van der Waals surface area contributed by atoms with E-state index < -0.39 is 23.7 Å². The highest BCUT2D eigenvalue weighted by Crippen LogP contribution is 2.18. The second-order valence-electron chi connectivity index (χ2n) is 5.84. The maximum absolute atomic E-state index is 12.3. The number of para-hydroxylation sites is 1.